The number of aromatic nitrogens is 2. The number of fused-ring (bicyclic) bond motifs is 1. The predicted octanol–water partition coefficient (Wildman–Crippen LogP) is 2.85. The molecule has 38 heavy (non-hydrogen) atoms. The lowest BCUT2D eigenvalue weighted by atomic mass is 9.84. The second kappa shape index (κ2) is 11.3. The van der Waals surface area contributed by atoms with Crippen molar-refractivity contribution in [2.45, 2.75) is 33.4 Å². The number of benzene rings is 1. The van der Waals surface area contributed by atoms with Crippen LogP contribution >= 0.6 is 11.6 Å². The van der Waals surface area contributed by atoms with Crippen molar-refractivity contribution in [3.8, 4) is 6.07 Å². The van der Waals surface area contributed by atoms with E-state index in [-0.39, 0.29) is 30.0 Å². The van der Waals surface area contributed by atoms with Crippen LogP contribution in [0.2, 0.25) is 5.02 Å². The Kier molecular flexibility index (Phi) is 8.14. The maximum Gasteiger partial charge on any atom is 0.265 e. The Balaban J connectivity index is 1.62. The molecule has 3 aromatic rings. The van der Waals surface area contributed by atoms with Gasteiger partial charge in [-0.2, -0.15) is 5.26 Å². The van der Waals surface area contributed by atoms with Gasteiger partial charge in [0.25, 0.3) is 11.5 Å². The predicted molar refractivity (Wildman–Crippen MR) is 146 cm³/mol. The van der Waals surface area contributed by atoms with Gasteiger partial charge in [-0.05, 0) is 54.3 Å². The molecule has 0 saturated carbocycles. The second-order valence-corrected chi connectivity index (χ2v) is 11.0. The van der Waals surface area contributed by atoms with E-state index in [1.807, 2.05) is 30.1 Å². The van der Waals surface area contributed by atoms with Crippen molar-refractivity contribution in [1.29, 1.82) is 5.26 Å². The second-order valence-electron chi connectivity index (χ2n) is 10.6. The zero-order valence-corrected chi connectivity index (χ0v) is 22.6. The van der Waals surface area contributed by atoms with E-state index in [4.69, 9.17) is 16.9 Å². The van der Waals surface area contributed by atoms with E-state index in [1.165, 1.54) is 10.6 Å². The van der Waals surface area contributed by atoms with Gasteiger partial charge in [-0.3, -0.25) is 23.9 Å². The summed E-state index contributed by atoms with van der Waals surface area (Å²) in [6, 6.07) is 12.8. The highest BCUT2D eigenvalue weighted by Gasteiger charge is 2.37. The molecule has 1 aromatic carbocycles. The molecule has 0 aliphatic carbocycles. The molecule has 0 bridgehead atoms. The minimum atomic E-state index is -0.559. The van der Waals surface area contributed by atoms with Crippen LogP contribution in [0, 0.1) is 16.7 Å². The number of carbonyl (C=O) groups excluding carboxylic acids is 2. The summed E-state index contributed by atoms with van der Waals surface area (Å²) in [4.78, 5) is 47.6. The van der Waals surface area contributed by atoms with Crippen LogP contribution in [0.25, 0.3) is 11.0 Å². The normalized spacial score (nSPS) is 14.3. The number of nitriles is 1. The number of nitrogens with zero attached hydrogens (tertiary/aromatic N) is 5. The Morgan fingerprint density at radius 2 is 1.89 bits per heavy atom. The maximum atomic E-state index is 13.5. The topological polar surface area (TPSA) is 111 Å². The first-order valence-corrected chi connectivity index (χ1v) is 12.8. The lowest BCUT2D eigenvalue weighted by molar-refractivity contribution is -0.142. The van der Waals surface area contributed by atoms with E-state index in [1.54, 1.807) is 23.2 Å². The Labute approximate surface area is 226 Å². The zero-order chi connectivity index (χ0) is 27.4. The highest BCUT2D eigenvalue weighted by Crippen LogP contribution is 2.28. The standard InChI is InChI=1S/C28H31ClN6O3/c1-28(2)17-34(18-28)24(36)16-35-25-21(12-20(14-32-25)15-33(3)11-9-30)13-23(27(35)38)26(37)31-10-8-19-4-6-22(29)7-5-19/h4-7,12-14H,8,10-11,15-18H2,1-3H3,(H,31,37). The summed E-state index contributed by atoms with van der Waals surface area (Å²) < 4.78 is 1.29. The van der Waals surface area contributed by atoms with Gasteiger partial charge in [-0.1, -0.05) is 37.6 Å². The molecule has 2 aromatic heterocycles. The van der Waals surface area contributed by atoms with E-state index < -0.39 is 11.5 Å². The molecule has 1 saturated heterocycles. The van der Waals surface area contributed by atoms with Crippen LogP contribution in [0.15, 0.2) is 47.4 Å². The highest BCUT2D eigenvalue weighted by atomic mass is 35.5. The molecule has 1 N–H and O–H groups in total. The number of likely N-dealkylation sites (tertiary alicyclic amines) is 1. The lowest BCUT2D eigenvalue weighted by Gasteiger charge is -2.45. The lowest BCUT2D eigenvalue weighted by Crippen LogP contribution is -2.56. The van der Waals surface area contributed by atoms with Crippen molar-refractivity contribution < 1.29 is 9.59 Å². The van der Waals surface area contributed by atoms with E-state index in [0.717, 1.165) is 11.1 Å². The summed E-state index contributed by atoms with van der Waals surface area (Å²) in [6.45, 7) is 6.26. The van der Waals surface area contributed by atoms with E-state index in [9.17, 15) is 14.4 Å². The number of pyridine rings is 2. The van der Waals surface area contributed by atoms with Crippen molar-refractivity contribution in [2.75, 3.05) is 33.2 Å². The molecule has 0 radical (unpaired) electrons. The number of carbonyl (C=O) groups is 2. The molecular formula is C28H31ClN6O3. The van der Waals surface area contributed by atoms with Gasteiger partial charge in [0.2, 0.25) is 5.91 Å². The number of rotatable bonds is 9. The van der Waals surface area contributed by atoms with Crippen LogP contribution in [0.3, 0.4) is 0 Å². The van der Waals surface area contributed by atoms with Gasteiger partial charge in [-0.25, -0.2) is 4.98 Å². The molecule has 3 heterocycles. The van der Waals surface area contributed by atoms with E-state index >= 15 is 0 Å². The van der Waals surface area contributed by atoms with Crippen molar-refractivity contribution in [3.05, 3.63) is 74.7 Å². The quantitative estimate of drug-likeness (QED) is 0.423. The average Bonchev–Trinajstić information content (AvgIpc) is 2.85. The van der Waals surface area contributed by atoms with Crippen LogP contribution in [0.4, 0.5) is 0 Å². The molecule has 0 unspecified atom stereocenters. The van der Waals surface area contributed by atoms with Crippen molar-refractivity contribution >= 4 is 34.4 Å². The third-order valence-corrected chi connectivity index (χ3v) is 6.77. The summed E-state index contributed by atoms with van der Waals surface area (Å²) in [5.41, 5.74) is 1.62. The van der Waals surface area contributed by atoms with Crippen LogP contribution in [-0.2, 0) is 24.3 Å². The van der Waals surface area contributed by atoms with Crippen molar-refractivity contribution in [1.82, 2.24) is 24.7 Å². The first kappa shape index (κ1) is 27.3. The van der Waals surface area contributed by atoms with Gasteiger partial charge >= 0.3 is 0 Å². The Bertz CT molecular complexity index is 1450. The van der Waals surface area contributed by atoms with Gasteiger partial charge in [0, 0.05) is 42.8 Å². The van der Waals surface area contributed by atoms with E-state index in [2.05, 4.69) is 30.2 Å². The number of halogens is 1. The summed E-state index contributed by atoms with van der Waals surface area (Å²) in [6.07, 6.45) is 2.21. The minimum absolute atomic E-state index is 0.0466. The smallest absolute Gasteiger partial charge is 0.265 e. The molecule has 4 rings (SSSR count). The number of hydrogen-bond donors (Lipinski definition) is 1. The Hall–Kier alpha value is -3.74. The molecule has 1 aliphatic rings. The van der Waals surface area contributed by atoms with Crippen LogP contribution in [-0.4, -0.2) is 64.4 Å². The van der Waals surface area contributed by atoms with Crippen LogP contribution in [0.1, 0.15) is 35.3 Å². The molecule has 0 spiro atoms. The van der Waals surface area contributed by atoms with Crippen LogP contribution < -0.4 is 10.9 Å². The highest BCUT2D eigenvalue weighted by molar-refractivity contribution is 6.30. The first-order valence-electron chi connectivity index (χ1n) is 12.4. The van der Waals surface area contributed by atoms with Crippen molar-refractivity contribution in [3.63, 3.8) is 0 Å². The number of hydrogen-bond acceptors (Lipinski definition) is 6. The Morgan fingerprint density at radius 3 is 2.55 bits per heavy atom. The summed E-state index contributed by atoms with van der Waals surface area (Å²) >= 11 is 5.94. The minimum Gasteiger partial charge on any atom is -0.352 e. The fraction of sp³-hybridized carbons (Fsp3) is 0.393. The van der Waals surface area contributed by atoms with Gasteiger partial charge in [-0.15, -0.1) is 0 Å². The SMILES string of the molecule is CN(CC#N)Cc1cnc2c(c1)cc(C(=O)NCCc1ccc(Cl)cc1)c(=O)n2CC(=O)N1CC(C)(C)C1. The summed E-state index contributed by atoms with van der Waals surface area (Å²) in [5, 5.41) is 13.0. The molecule has 2 amide bonds. The largest absolute Gasteiger partial charge is 0.352 e. The fourth-order valence-corrected chi connectivity index (χ4v) is 4.79. The van der Waals surface area contributed by atoms with Gasteiger partial charge in [0.05, 0.1) is 12.6 Å². The molecule has 1 aliphatic heterocycles. The Morgan fingerprint density at radius 1 is 1.18 bits per heavy atom. The average molecular weight is 535 g/mol. The van der Waals surface area contributed by atoms with E-state index in [0.29, 0.717) is 48.7 Å². The zero-order valence-electron chi connectivity index (χ0n) is 21.8. The summed E-state index contributed by atoms with van der Waals surface area (Å²) in [7, 11) is 1.82. The molecule has 10 heteroatoms. The molecule has 0 atom stereocenters. The van der Waals surface area contributed by atoms with Gasteiger partial charge < -0.3 is 10.2 Å². The molecule has 9 nitrogen and oxygen atoms in total. The first-order chi connectivity index (χ1) is 18.1. The van der Waals surface area contributed by atoms with Gasteiger partial charge in [0.15, 0.2) is 0 Å². The third kappa shape index (κ3) is 6.39. The molecular weight excluding hydrogens is 504 g/mol. The molecule has 1 fully saturated rings. The number of nitrogens with one attached hydrogen (secondary N) is 1. The summed E-state index contributed by atoms with van der Waals surface area (Å²) in [5.74, 6) is -0.697. The number of amides is 2. The monoisotopic (exact) mass is 534 g/mol. The third-order valence-electron chi connectivity index (χ3n) is 6.52. The van der Waals surface area contributed by atoms with Crippen LogP contribution in [0.5, 0.6) is 0 Å². The van der Waals surface area contributed by atoms with Gasteiger partial charge in [0.1, 0.15) is 17.8 Å². The maximum absolute atomic E-state index is 13.5. The van der Waals surface area contributed by atoms with Crippen molar-refractivity contribution in [2.24, 2.45) is 5.41 Å². The fourth-order valence-electron chi connectivity index (χ4n) is 4.66. The molecule has 198 valence electrons.